The summed E-state index contributed by atoms with van der Waals surface area (Å²) in [6.07, 6.45) is 12.5. The standard InChI is InChI=1S/C15H25N3O/c1-2-10-18-12-14(11-17-18)19-15(6-3-7-15)8-9-16-13-4-5-13/h11-13,16H,2-10H2,1H3. The van der Waals surface area contributed by atoms with Gasteiger partial charge in [0.1, 0.15) is 5.60 Å². The van der Waals surface area contributed by atoms with E-state index in [1.807, 2.05) is 17.1 Å². The van der Waals surface area contributed by atoms with Gasteiger partial charge in [-0.25, -0.2) is 0 Å². The van der Waals surface area contributed by atoms with Crippen LogP contribution in [0.3, 0.4) is 0 Å². The van der Waals surface area contributed by atoms with E-state index in [0.717, 1.165) is 37.7 Å². The zero-order chi connectivity index (χ0) is 13.1. The molecular weight excluding hydrogens is 238 g/mol. The number of nitrogens with zero attached hydrogens (tertiary/aromatic N) is 2. The molecule has 1 aromatic rings. The van der Waals surface area contributed by atoms with E-state index in [1.54, 1.807) is 0 Å². The highest BCUT2D eigenvalue weighted by molar-refractivity contribution is 5.15. The van der Waals surface area contributed by atoms with Crippen molar-refractivity contribution in [3.05, 3.63) is 12.4 Å². The Balaban J connectivity index is 1.51. The Bertz CT molecular complexity index is 407. The van der Waals surface area contributed by atoms with E-state index in [-0.39, 0.29) is 5.60 Å². The predicted molar refractivity (Wildman–Crippen MR) is 75.4 cm³/mol. The third-order valence-corrected chi connectivity index (χ3v) is 4.25. The molecule has 19 heavy (non-hydrogen) atoms. The van der Waals surface area contributed by atoms with Crippen molar-refractivity contribution >= 4 is 0 Å². The lowest BCUT2D eigenvalue weighted by atomic mass is 9.77. The molecule has 1 heterocycles. The van der Waals surface area contributed by atoms with Crippen LogP contribution in [0, 0.1) is 0 Å². The van der Waals surface area contributed by atoms with Gasteiger partial charge in [-0.2, -0.15) is 5.10 Å². The molecule has 4 heteroatoms. The Morgan fingerprint density at radius 1 is 1.47 bits per heavy atom. The molecule has 106 valence electrons. The highest BCUT2D eigenvalue weighted by Crippen LogP contribution is 2.39. The second kappa shape index (κ2) is 5.53. The van der Waals surface area contributed by atoms with Crippen molar-refractivity contribution in [3.8, 4) is 5.75 Å². The predicted octanol–water partition coefficient (Wildman–Crippen LogP) is 2.74. The molecule has 0 amide bonds. The van der Waals surface area contributed by atoms with E-state index in [9.17, 15) is 0 Å². The molecule has 2 aliphatic rings. The van der Waals surface area contributed by atoms with Crippen LogP contribution in [0.4, 0.5) is 0 Å². The molecular formula is C15H25N3O. The monoisotopic (exact) mass is 263 g/mol. The normalized spacial score (nSPS) is 21.1. The van der Waals surface area contributed by atoms with Gasteiger partial charge in [0.05, 0.1) is 12.4 Å². The molecule has 2 fully saturated rings. The van der Waals surface area contributed by atoms with Gasteiger partial charge in [0.15, 0.2) is 5.75 Å². The molecule has 2 aliphatic carbocycles. The minimum atomic E-state index is 0.0853. The first-order chi connectivity index (χ1) is 9.30. The summed E-state index contributed by atoms with van der Waals surface area (Å²) in [6.45, 7) is 4.23. The number of aromatic nitrogens is 2. The molecule has 0 atom stereocenters. The van der Waals surface area contributed by atoms with Crippen LogP contribution in [0.25, 0.3) is 0 Å². The second-order valence-corrected chi connectivity index (χ2v) is 6.06. The van der Waals surface area contributed by atoms with Gasteiger partial charge in [0, 0.05) is 12.6 Å². The fourth-order valence-electron chi connectivity index (χ4n) is 2.76. The van der Waals surface area contributed by atoms with Crippen LogP contribution in [0.5, 0.6) is 5.75 Å². The molecule has 4 nitrogen and oxygen atoms in total. The molecule has 1 aromatic heterocycles. The molecule has 0 saturated heterocycles. The fraction of sp³-hybridized carbons (Fsp3) is 0.800. The van der Waals surface area contributed by atoms with Crippen LogP contribution in [-0.4, -0.2) is 28.0 Å². The lowest BCUT2D eigenvalue weighted by molar-refractivity contribution is -0.0143. The van der Waals surface area contributed by atoms with Crippen molar-refractivity contribution in [1.82, 2.24) is 15.1 Å². The van der Waals surface area contributed by atoms with Crippen LogP contribution in [-0.2, 0) is 6.54 Å². The minimum Gasteiger partial charge on any atom is -0.484 e. The Morgan fingerprint density at radius 3 is 2.95 bits per heavy atom. The van der Waals surface area contributed by atoms with E-state index in [1.165, 1.54) is 32.1 Å². The summed E-state index contributed by atoms with van der Waals surface area (Å²) in [5.41, 5.74) is 0.0853. The Hall–Kier alpha value is -1.03. The summed E-state index contributed by atoms with van der Waals surface area (Å²) >= 11 is 0. The SMILES string of the molecule is CCCn1cc(OC2(CCNC3CC3)CCC2)cn1. The number of nitrogens with one attached hydrogen (secondary N) is 1. The summed E-state index contributed by atoms with van der Waals surface area (Å²) in [5, 5.41) is 7.93. The molecule has 0 aliphatic heterocycles. The van der Waals surface area contributed by atoms with Gasteiger partial charge >= 0.3 is 0 Å². The highest BCUT2D eigenvalue weighted by Gasteiger charge is 2.39. The Labute approximate surface area is 115 Å². The second-order valence-electron chi connectivity index (χ2n) is 6.06. The minimum absolute atomic E-state index is 0.0853. The lowest BCUT2D eigenvalue weighted by Gasteiger charge is -2.41. The molecule has 3 rings (SSSR count). The number of ether oxygens (including phenoxy) is 1. The molecule has 0 unspecified atom stereocenters. The summed E-state index contributed by atoms with van der Waals surface area (Å²) in [7, 11) is 0. The van der Waals surface area contributed by atoms with Crippen LogP contribution in [0.1, 0.15) is 51.9 Å². The van der Waals surface area contributed by atoms with Gasteiger partial charge < -0.3 is 10.1 Å². The molecule has 0 bridgehead atoms. The molecule has 0 spiro atoms. The average Bonchev–Trinajstić information content (AvgIpc) is 3.07. The average molecular weight is 263 g/mol. The summed E-state index contributed by atoms with van der Waals surface area (Å²) in [6, 6.07) is 0.796. The smallest absolute Gasteiger partial charge is 0.158 e. The molecule has 0 aromatic carbocycles. The fourth-order valence-corrected chi connectivity index (χ4v) is 2.76. The van der Waals surface area contributed by atoms with E-state index in [4.69, 9.17) is 4.74 Å². The molecule has 2 saturated carbocycles. The van der Waals surface area contributed by atoms with Gasteiger partial charge in [-0.3, -0.25) is 4.68 Å². The summed E-state index contributed by atoms with van der Waals surface area (Å²) < 4.78 is 8.22. The third-order valence-electron chi connectivity index (χ3n) is 4.25. The van der Waals surface area contributed by atoms with Gasteiger partial charge in [0.2, 0.25) is 0 Å². The molecule has 1 N–H and O–H groups in total. The summed E-state index contributed by atoms with van der Waals surface area (Å²) in [5.74, 6) is 0.944. The van der Waals surface area contributed by atoms with Crippen molar-refractivity contribution in [3.63, 3.8) is 0 Å². The first-order valence-corrected chi connectivity index (χ1v) is 7.74. The maximum absolute atomic E-state index is 6.24. The van der Waals surface area contributed by atoms with Crippen LogP contribution in [0.15, 0.2) is 12.4 Å². The van der Waals surface area contributed by atoms with E-state index >= 15 is 0 Å². The van der Waals surface area contributed by atoms with Crippen LogP contribution >= 0.6 is 0 Å². The third kappa shape index (κ3) is 3.30. The van der Waals surface area contributed by atoms with Gasteiger partial charge in [-0.1, -0.05) is 6.92 Å². The van der Waals surface area contributed by atoms with Crippen molar-refractivity contribution in [2.45, 2.75) is 70.1 Å². The number of hydrogen-bond donors (Lipinski definition) is 1. The van der Waals surface area contributed by atoms with E-state index < -0.39 is 0 Å². The Morgan fingerprint density at radius 2 is 2.32 bits per heavy atom. The van der Waals surface area contributed by atoms with Crippen molar-refractivity contribution < 1.29 is 4.74 Å². The topological polar surface area (TPSA) is 39.1 Å². The number of rotatable bonds is 8. The zero-order valence-corrected chi connectivity index (χ0v) is 11.9. The van der Waals surface area contributed by atoms with Crippen molar-refractivity contribution in [2.24, 2.45) is 0 Å². The van der Waals surface area contributed by atoms with Gasteiger partial charge in [0.25, 0.3) is 0 Å². The van der Waals surface area contributed by atoms with Crippen molar-refractivity contribution in [2.75, 3.05) is 6.54 Å². The number of aryl methyl sites for hydroxylation is 1. The lowest BCUT2D eigenvalue weighted by Crippen LogP contribution is -2.45. The van der Waals surface area contributed by atoms with Crippen LogP contribution < -0.4 is 10.1 Å². The van der Waals surface area contributed by atoms with E-state index in [2.05, 4.69) is 17.3 Å². The molecule has 0 radical (unpaired) electrons. The van der Waals surface area contributed by atoms with Gasteiger partial charge in [-0.15, -0.1) is 0 Å². The van der Waals surface area contributed by atoms with Crippen molar-refractivity contribution in [1.29, 1.82) is 0 Å². The van der Waals surface area contributed by atoms with Crippen LogP contribution in [0.2, 0.25) is 0 Å². The first kappa shape index (κ1) is 13.0. The number of hydrogen-bond acceptors (Lipinski definition) is 3. The van der Waals surface area contributed by atoms with E-state index in [0.29, 0.717) is 0 Å². The highest BCUT2D eigenvalue weighted by atomic mass is 16.5. The first-order valence-electron chi connectivity index (χ1n) is 7.74. The summed E-state index contributed by atoms with van der Waals surface area (Å²) in [4.78, 5) is 0. The largest absolute Gasteiger partial charge is 0.484 e. The zero-order valence-electron chi connectivity index (χ0n) is 11.9. The maximum Gasteiger partial charge on any atom is 0.158 e. The Kier molecular flexibility index (Phi) is 3.78. The quantitative estimate of drug-likeness (QED) is 0.784. The van der Waals surface area contributed by atoms with Gasteiger partial charge in [-0.05, 0) is 51.5 Å². The maximum atomic E-state index is 6.24.